The Kier molecular flexibility index (Phi) is 4.06. The number of hydrogen-bond donors (Lipinski definition) is 1. The molecule has 2 rings (SSSR count). The van der Waals surface area contributed by atoms with Crippen molar-refractivity contribution in [2.24, 2.45) is 5.92 Å². The number of ether oxygens (including phenoxy) is 1. The van der Waals surface area contributed by atoms with Gasteiger partial charge in [-0.2, -0.15) is 13.2 Å². The van der Waals surface area contributed by atoms with Crippen LogP contribution < -0.4 is 0 Å². The molecule has 7 heteroatoms. The van der Waals surface area contributed by atoms with Gasteiger partial charge < -0.3 is 9.84 Å². The highest BCUT2D eigenvalue weighted by molar-refractivity contribution is 5.79. The molecule has 2 aliphatic rings. The minimum atomic E-state index is -4.21. The van der Waals surface area contributed by atoms with Crippen molar-refractivity contribution in [3.05, 3.63) is 0 Å². The predicted molar refractivity (Wildman–Crippen MR) is 60.8 cm³/mol. The van der Waals surface area contributed by atoms with E-state index < -0.39 is 23.6 Å². The highest BCUT2D eigenvalue weighted by atomic mass is 19.4. The average molecular weight is 281 g/mol. The van der Waals surface area contributed by atoms with Crippen LogP contribution in [-0.2, 0) is 9.53 Å². The van der Waals surface area contributed by atoms with E-state index in [9.17, 15) is 23.1 Å². The minimum absolute atomic E-state index is 0.0620. The van der Waals surface area contributed by atoms with Crippen LogP contribution in [0, 0.1) is 5.92 Å². The molecule has 1 saturated carbocycles. The number of alkyl halides is 3. The van der Waals surface area contributed by atoms with E-state index in [1.807, 2.05) is 0 Å². The van der Waals surface area contributed by atoms with E-state index in [1.165, 1.54) is 0 Å². The summed E-state index contributed by atoms with van der Waals surface area (Å²) in [5.41, 5.74) is -1.13. The van der Waals surface area contributed by atoms with E-state index in [2.05, 4.69) is 0 Å². The first kappa shape index (κ1) is 14.6. The maximum absolute atomic E-state index is 12.7. The lowest BCUT2D eigenvalue weighted by atomic mass is 9.75. The third-order valence-corrected chi connectivity index (χ3v) is 4.29. The van der Waals surface area contributed by atoms with E-state index >= 15 is 0 Å². The third-order valence-electron chi connectivity index (χ3n) is 4.29. The number of halogens is 3. The molecular formula is C12H18F3NO3. The Labute approximate surface area is 109 Å². The van der Waals surface area contributed by atoms with E-state index in [0.717, 1.165) is 0 Å². The Morgan fingerprint density at radius 2 is 1.74 bits per heavy atom. The third kappa shape index (κ3) is 2.86. The second-order valence-electron chi connectivity index (χ2n) is 5.25. The van der Waals surface area contributed by atoms with Gasteiger partial charge in [0.15, 0.2) is 0 Å². The van der Waals surface area contributed by atoms with Crippen LogP contribution in [0.4, 0.5) is 13.2 Å². The summed E-state index contributed by atoms with van der Waals surface area (Å²) in [5, 5.41) is 9.47. The van der Waals surface area contributed by atoms with Crippen LogP contribution >= 0.6 is 0 Å². The predicted octanol–water partition coefficient (Wildman–Crippen LogP) is 1.89. The first-order valence-corrected chi connectivity index (χ1v) is 6.49. The number of morpholine rings is 1. The quantitative estimate of drug-likeness (QED) is 0.840. The van der Waals surface area contributed by atoms with E-state index in [-0.39, 0.29) is 25.7 Å². The number of carbonyl (C=O) groups is 1. The van der Waals surface area contributed by atoms with Crippen molar-refractivity contribution in [2.75, 3.05) is 26.3 Å². The summed E-state index contributed by atoms with van der Waals surface area (Å²) >= 11 is 0. The van der Waals surface area contributed by atoms with Crippen molar-refractivity contribution in [3.63, 3.8) is 0 Å². The molecule has 0 spiro atoms. The van der Waals surface area contributed by atoms with Crippen LogP contribution in [0.15, 0.2) is 0 Å². The summed E-state index contributed by atoms with van der Waals surface area (Å²) in [6.45, 7) is 1.83. The molecule has 110 valence electrons. The fraction of sp³-hybridized carbons (Fsp3) is 0.917. The molecule has 0 aromatic carbocycles. The van der Waals surface area contributed by atoms with Crippen LogP contribution in [0.2, 0.25) is 0 Å². The topological polar surface area (TPSA) is 49.8 Å². The number of rotatable bonds is 2. The van der Waals surface area contributed by atoms with Gasteiger partial charge in [-0.1, -0.05) is 0 Å². The van der Waals surface area contributed by atoms with Gasteiger partial charge in [0, 0.05) is 13.1 Å². The van der Waals surface area contributed by atoms with Gasteiger partial charge in [0.25, 0.3) is 0 Å². The van der Waals surface area contributed by atoms with Gasteiger partial charge in [-0.3, -0.25) is 9.69 Å². The molecule has 0 aromatic heterocycles. The molecule has 1 heterocycles. The van der Waals surface area contributed by atoms with Gasteiger partial charge in [0.05, 0.1) is 19.1 Å². The average Bonchev–Trinajstić information content (AvgIpc) is 2.38. The van der Waals surface area contributed by atoms with E-state index in [0.29, 0.717) is 26.3 Å². The highest BCUT2D eigenvalue weighted by Gasteiger charge is 2.51. The van der Waals surface area contributed by atoms with Crippen LogP contribution in [0.1, 0.15) is 25.7 Å². The van der Waals surface area contributed by atoms with Crippen LogP contribution in [0.5, 0.6) is 0 Å². The van der Waals surface area contributed by atoms with Gasteiger partial charge in [-0.15, -0.1) is 0 Å². The van der Waals surface area contributed by atoms with Gasteiger partial charge in [0.1, 0.15) is 5.54 Å². The largest absolute Gasteiger partial charge is 0.480 e. The molecule has 1 N–H and O–H groups in total. The molecule has 2 fully saturated rings. The zero-order chi connectivity index (χ0) is 14.1. The molecule has 0 amide bonds. The normalized spacial score (nSPS) is 34.2. The van der Waals surface area contributed by atoms with Crippen LogP contribution in [-0.4, -0.2) is 54.0 Å². The molecule has 1 saturated heterocycles. The zero-order valence-corrected chi connectivity index (χ0v) is 10.6. The second-order valence-corrected chi connectivity index (χ2v) is 5.25. The lowest BCUT2D eigenvalue weighted by Crippen LogP contribution is -2.60. The van der Waals surface area contributed by atoms with Gasteiger partial charge >= 0.3 is 12.1 Å². The molecule has 0 bridgehead atoms. The van der Waals surface area contributed by atoms with E-state index in [4.69, 9.17) is 4.74 Å². The molecule has 1 aliphatic heterocycles. The number of aliphatic carboxylic acids is 1. The summed E-state index contributed by atoms with van der Waals surface area (Å²) < 4.78 is 43.1. The molecule has 0 unspecified atom stereocenters. The Bertz CT molecular complexity index is 332. The Balaban J connectivity index is 2.09. The number of carboxylic acids is 1. The van der Waals surface area contributed by atoms with Crippen molar-refractivity contribution in [2.45, 2.75) is 37.4 Å². The maximum atomic E-state index is 12.7. The van der Waals surface area contributed by atoms with Gasteiger partial charge in [0.2, 0.25) is 0 Å². The lowest BCUT2D eigenvalue weighted by molar-refractivity contribution is -0.195. The Morgan fingerprint density at radius 1 is 1.21 bits per heavy atom. The summed E-state index contributed by atoms with van der Waals surface area (Å²) in [6.07, 6.45) is -4.30. The standard InChI is InChI=1S/C12H18F3NO3/c13-12(14,15)9-1-3-11(4-2-9,10(17)18)16-5-7-19-8-6-16/h9H,1-8H2,(H,17,18). The van der Waals surface area contributed by atoms with Crippen molar-refractivity contribution in [3.8, 4) is 0 Å². The minimum Gasteiger partial charge on any atom is -0.480 e. The molecular weight excluding hydrogens is 263 g/mol. The number of carboxylic acid groups (broad SMARTS) is 1. The van der Waals surface area contributed by atoms with Gasteiger partial charge in [-0.25, -0.2) is 0 Å². The smallest absolute Gasteiger partial charge is 0.391 e. The molecule has 0 atom stereocenters. The summed E-state index contributed by atoms with van der Waals surface area (Å²) in [7, 11) is 0. The highest BCUT2D eigenvalue weighted by Crippen LogP contribution is 2.43. The Hall–Kier alpha value is -0.820. The van der Waals surface area contributed by atoms with Crippen LogP contribution in [0.25, 0.3) is 0 Å². The first-order chi connectivity index (χ1) is 8.86. The molecule has 19 heavy (non-hydrogen) atoms. The second kappa shape index (κ2) is 5.28. The van der Waals surface area contributed by atoms with Crippen molar-refractivity contribution >= 4 is 5.97 Å². The monoisotopic (exact) mass is 281 g/mol. The van der Waals surface area contributed by atoms with Crippen LogP contribution in [0.3, 0.4) is 0 Å². The fourth-order valence-electron chi connectivity index (χ4n) is 3.08. The maximum Gasteiger partial charge on any atom is 0.391 e. The summed E-state index contributed by atoms with van der Waals surface area (Å²) in [4.78, 5) is 13.4. The van der Waals surface area contributed by atoms with Gasteiger partial charge in [-0.05, 0) is 25.7 Å². The fourth-order valence-corrected chi connectivity index (χ4v) is 3.08. The summed E-state index contributed by atoms with van der Waals surface area (Å²) in [6, 6.07) is 0. The molecule has 1 aliphatic carbocycles. The first-order valence-electron chi connectivity index (χ1n) is 6.49. The molecule has 4 nitrogen and oxygen atoms in total. The zero-order valence-electron chi connectivity index (χ0n) is 10.6. The number of nitrogens with zero attached hydrogens (tertiary/aromatic N) is 1. The lowest BCUT2D eigenvalue weighted by Gasteiger charge is -2.46. The Morgan fingerprint density at radius 3 is 2.16 bits per heavy atom. The summed E-state index contributed by atoms with van der Waals surface area (Å²) in [5.74, 6) is -2.36. The van der Waals surface area contributed by atoms with Crippen molar-refractivity contribution in [1.29, 1.82) is 0 Å². The van der Waals surface area contributed by atoms with E-state index in [1.54, 1.807) is 4.90 Å². The molecule has 0 radical (unpaired) electrons. The number of hydrogen-bond acceptors (Lipinski definition) is 3. The SMILES string of the molecule is O=C(O)C1(N2CCOCC2)CCC(C(F)(F)F)CC1. The van der Waals surface area contributed by atoms with Crippen molar-refractivity contribution < 1.29 is 27.8 Å². The molecule has 0 aromatic rings. The van der Waals surface area contributed by atoms with Crippen molar-refractivity contribution in [1.82, 2.24) is 4.90 Å².